The number of hydrogen-bond donors (Lipinski definition) is 1. The smallest absolute Gasteiger partial charge is 0.301 e. The topological polar surface area (TPSA) is 70.5 Å². The number of rotatable bonds is 3. The Morgan fingerprint density at radius 2 is 1.61 bits per heavy atom. The van der Waals surface area contributed by atoms with Crippen LogP contribution in [0.4, 0.5) is 5.13 Å². The summed E-state index contributed by atoms with van der Waals surface area (Å²) in [4.78, 5) is 32.3. The first-order chi connectivity index (χ1) is 15.0. The molecule has 1 N–H and O–H groups in total. The largest absolute Gasteiger partial charge is 0.507 e. The second kappa shape index (κ2) is 7.76. The number of Topliss-reactive ketones (excluding diaryl/α,β-unsaturated/α-hetero) is 1. The minimum atomic E-state index is -0.783. The lowest BCUT2D eigenvalue weighted by Gasteiger charge is -2.23. The van der Waals surface area contributed by atoms with Crippen molar-refractivity contribution in [3.8, 4) is 0 Å². The normalized spacial score (nSPS) is 18.1. The van der Waals surface area contributed by atoms with Crippen molar-refractivity contribution in [3.05, 3.63) is 100 Å². The molecule has 5 nitrogen and oxygen atoms in total. The van der Waals surface area contributed by atoms with E-state index in [-0.39, 0.29) is 11.3 Å². The fraction of sp³-hybridized carbons (Fsp3) is 0.0417. The molecule has 1 amide bonds. The number of anilines is 1. The molecule has 1 aliphatic heterocycles. The maximum Gasteiger partial charge on any atom is 0.301 e. The molecule has 152 valence electrons. The van der Waals surface area contributed by atoms with Gasteiger partial charge < -0.3 is 5.11 Å². The number of carbonyl (C=O) groups is 2. The van der Waals surface area contributed by atoms with Crippen molar-refractivity contribution in [2.45, 2.75) is 6.04 Å². The highest BCUT2D eigenvalue weighted by Gasteiger charge is 2.48. The van der Waals surface area contributed by atoms with E-state index in [0.29, 0.717) is 16.3 Å². The predicted octanol–water partition coefficient (Wildman–Crippen LogP) is 5.69. The number of aromatic nitrogens is 1. The molecule has 1 aliphatic rings. The van der Waals surface area contributed by atoms with Gasteiger partial charge in [-0.15, -0.1) is 0 Å². The van der Waals surface area contributed by atoms with E-state index in [1.54, 1.807) is 24.3 Å². The molecule has 2 heterocycles. The van der Waals surface area contributed by atoms with Crippen molar-refractivity contribution in [2.75, 3.05) is 4.90 Å². The molecule has 31 heavy (non-hydrogen) atoms. The van der Waals surface area contributed by atoms with Gasteiger partial charge in [-0.25, -0.2) is 4.98 Å². The van der Waals surface area contributed by atoms with Crippen molar-refractivity contribution in [3.63, 3.8) is 0 Å². The Hall–Kier alpha value is -3.29. The molecule has 1 aromatic heterocycles. The minimum absolute atomic E-state index is 0.0535. The Balaban J connectivity index is 1.74. The molecular formula is C24H15BrN2O3S. The van der Waals surface area contributed by atoms with Crippen molar-refractivity contribution in [2.24, 2.45) is 0 Å². The summed E-state index contributed by atoms with van der Waals surface area (Å²) in [6, 6.07) is 22.9. The molecule has 3 aromatic carbocycles. The highest BCUT2D eigenvalue weighted by Crippen LogP contribution is 2.44. The van der Waals surface area contributed by atoms with Gasteiger partial charge in [0.25, 0.3) is 5.78 Å². The van der Waals surface area contributed by atoms with Crippen molar-refractivity contribution in [1.82, 2.24) is 4.98 Å². The zero-order chi connectivity index (χ0) is 21.5. The van der Waals surface area contributed by atoms with Crippen LogP contribution in [0.15, 0.2) is 88.9 Å². The fourth-order valence-corrected chi connectivity index (χ4v) is 4.96. The van der Waals surface area contributed by atoms with Crippen LogP contribution in [0.1, 0.15) is 17.2 Å². The summed E-state index contributed by atoms with van der Waals surface area (Å²) in [6.07, 6.45) is 0. The van der Waals surface area contributed by atoms with E-state index in [9.17, 15) is 14.7 Å². The highest BCUT2D eigenvalue weighted by molar-refractivity contribution is 9.10. The number of amides is 1. The van der Waals surface area contributed by atoms with Gasteiger partial charge in [0.05, 0.1) is 21.8 Å². The van der Waals surface area contributed by atoms with Gasteiger partial charge in [-0.05, 0) is 29.8 Å². The second-order valence-electron chi connectivity index (χ2n) is 7.05. The highest BCUT2D eigenvalue weighted by atomic mass is 79.9. The number of thiazole rings is 1. The van der Waals surface area contributed by atoms with Gasteiger partial charge in [0.1, 0.15) is 5.76 Å². The van der Waals surface area contributed by atoms with E-state index in [4.69, 9.17) is 0 Å². The molecule has 5 rings (SSSR count). The number of benzene rings is 3. The Morgan fingerprint density at radius 3 is 2.32 bits per heavy atom. The summed E-state index contributed by atoms with van der Waals surface area (Å²) < 4.78 is 1.79. The number of fused-ring (bicyclic) bond motifs is 1. The third kappa shape index (κ3) is 3.36. The summed E-state index contributed by atoms with van der Waals surface area (Å²) in [5, 5.41) is 11.5. The van der Waals surface area contributed by atoms with Gasteiger partial charge in [-0.1, -0.05) is 81.9 Å². The zero-order valence-electron chi connectivity index (χ0n) is 16.0. The number of para-hydroxylation sites is 1. The van der Waals surface area contributed by atoms with Crippen molar-refractivity contribution < 1.29 is 14.7 Å². The molecule has 4 aromatic rings. The van der Waals surface area contributed by atoms with E-state index >= 15 is 0 Å². The SMILES string of the molecule is O=C1C(=O)N(c2nc3ccccc3s2)[C@H](c2ccc(Br)cc2)C1=C(O)c1ccccc1. The molecule has 0 saturated carbocycles. The molecule has 0 radical (unpaired) electrons. The molecule has 1 atom stereocenters. The Bertz CT molecular complexity index is 1310. The van der Waals surface area contributed by atoms with E-state index in [1.165, 1.54) is 16.2 Å². The van der Waals surface area contributed by atoms with Crippen LogP contribution in [0.3, 0.4) is 0 Å². The minimum Gasteiger partial charge on any atom is -0.507 e. The summed E-state index contributed by atoms with van der Waals surface area (Å²) in [7, 11) is 0. The lowest BCUT2D eigenvalue weighted by molar-refractivity contribution is -0.132. The Kier molecular flexibility index (Phi) is 4.92. The van der Waals surface area contributed by atoms with E-state index in [1.807, 2.05) is 54.6 Å². The van der Waals surface area contributed by atoms with Gasteiger partial charge in [-0.3, -0.25) is 14.5 Å². The summed E-state index contributed by atoms with van der Waals surface area (Å²) in [5.74, 6) is -1.63. The number of hydrogen-bond acceptors (Lipinski definition) is 5. The lowest BCUT2D eigenvalue weighted by atomic mass is 9.95. The number of aliphatic hydroxyl groups excluding tert-OH is 1. The monoisotopic (exact) mass is 490 g/mol. The number of ketones is 1. The van der Waals surface area contributed by atoms with Crippen LogP contribution >= 0.6 is 27.3 Å². The maximum absolute atomic E-state index is 13.2. The summed E-state index contributed by atoms with van der Waals surface area (Å²) >= 11 is 4.76. The van der Waals surface area contributed by atoms with Crippen molar-refractivity contribution in [1.29, 1.82) is 0 Å². The number of nitrogens with zero attached hydrogens (tertiary/aromatic N) is 2. The second-order valence-corrected chi connectivity index (χ2v) is 8.98. The summed E-state index contributed by atoms with van der Waals surface area (Å²) in [6.45, 7) is 0. The number of aliphatic hydroxyl groups is 1. The van der Waals surface area contributed by atoms with Gasteiger partial charge in [0.15, 0.2) is 5.13 Å². The molecule has 0 unspecified atom stereocenters. The van der Waals surface area contributed by atoms with Gasteiger partial charge >= 0.3 is 5.91 Å². The molecule has 1 fully saturated rings. The van der Waals surface area contributed by atoms with Gasteiger partial charge in [0.2, 0.25) is 0 Å². The third-order valence-electron chi connectivity index (χ3n) is 5.17. The molecule has 0 aliphatic carbocycles. The first-order valence-electron chi connectivity index (χ1n) is 9.52. The third-order valence-corrected chi connectivity index (χ3v) is 6.73. The van der Waals surface area contributed by atoms with Crippen LogP contribution in [0.2, 0.25) is 0 Å². The summed E-state index contributed by atoms with van der Waals surface area (Å²) in [5.41, 5.74) is 1.99. The quantitative estimate of drug-likeness (QED) is 0.227. The number of carbonyl (C=O) groups excluding carboxylic acids is 2. The molecular weight excluding hydrogens is 476 g/mol. The molecule has 0 spiro atoms. The van der Waals surface area contributed by atoms with E-state index in [2.05, 4.69) is 20.9 Å². The lowest BCUT2D eigenvalue weighted by Crippen LogP contribution is -2.29. The standard InChI is InChI=1S/C24H15BrN2O3S/c25-16-12-10-14(11-13-16)20-19(21(28)15-6-2-1-3-7-15)22(29)23(30)27(20)24-26-17-8-4-5-9-18(17)31-24/h1-13,20,28H/t20-/m1/s1. The Morgan fingerprint density at radius 1 is 0.935 bits per heavy atom. The molecule has 1 saturated heterocycles. The van der Waals surface area contributed by atoms with Gasteiger partial charge in [0, 0.05) is 10.0 Å². The van der Waals surface area contributed by atoms with E-state index < -0.39 is 17.7 Å². The molecule has 0 bridgehead atoms. The van der Waals surface area contributed by atoms with Crippen LogP contribution in [-0.2, 0) is 9.59 Å². The predicted molar refractivity (Wildman–Crippen MR) is 125 cm³/mol. The maximum atomic E-state index is 13.2. The van der Waals surface area contributed by atoms with E-state index in [0.717, 1.165) is 14.7 Å². The Labute approximate surface area is 190 Å². The fourth-order valence-electron chi connectivity index (χ4n) is 3.70. The van der Waals surface area contributed by atoms with Crippen LogP contribution < -0.4 is 4.90 Å². The average molecular weight is 491 g/mol. The van der Waals surface area contributed by atoms with Crippen LogP contribution in [0.5, 0.6) is 0 Å². The van der Waals surface area contributed by atoms with Gasteiger partial charge in [-0.2, -0.15) is 0 Å². The van der Waals surface area contributed by atoms with Crippen LogP contribution in [0.25, 0.3) is 16.0 Å². The van der Waals surface area contributed by atoms with Crippen LogP contribution in [-0.4, -0.2) is 21.8 Å². The first kappa shape index (κ1) is 19.7. The average Bonchev–Trinajstić information content (AvgIpc) is 3.33. The number of halogens is 1. The van der Waals surface area contributed by atoms with Crippen LogP contribution in [0, 0.1) is 0 Å². The zero-order valence-corrected chi connectivity index (χ0v) is 18.4. The van der Waals surface area contributed by atoms with Crippen molar-refractivity contribution >= 4 is 60.1 Å². The molecule has 7 heteroatoms. The first-order valence-corrected chi connectivity index (χ1v) is 11.1.